The van der Waals surface area contributed by atoms with Gasteiger partial charge in [0, 0.05) is 28.1 Å². The molecular formula is C8H9IO4S. The third kappa shape index (κ3) is 6.10. The minimum absolute atomic E-state index is 0.232. The highest BCUT2D eigenvalue weighted by molar-refractivity contribution is 14.2. The van der Waals surface area contributed by atoms with E-state index in [0.29, 0.717) is 0 Å². The van der Waals surface area contributed by atoms with Crippen molar-refractivity contribution in [3.63, 3.8) is 0 Å². The molecule has 0 aromatic carbocycles. The van der Waals surface area contributed by atoms with Crippen LogP contribution in [0.15, 0.2) is 0 Å². The molecule has 0 amide bonds. The van der Waals surface area contributed by atoms with Crippen LogP contribution in [0, 0.1) is 11.2 Å². The number of carbonyl (C=O) groups is 2. The second-order valence-corrected chi connectivity index (χ2v) is 3.74. The summed E-state index contributed by atoms with van der Waals surface area (Å²) >= 11 is 1.95. The summed E-state index contributed by atoms with van der Waals surface area (Å²) in [6, 6.07) is 0. The Morgan fingerprint density at radius 1 is 1.57 bits per heavy atom. The maximum Gasteiger partial charge on any atom is 0.360 e. The monoisotopic (exact) mass is 328 g/mol. The number of hydrogen-bond donors (Lipinski definition) is 0. The molecular weight excluding hydrogens is 319 g/mol. The Morgan fingerprint density at radius 3 is 2.64 bits per heavy atom. The van der Waals surface area contributed by atoms with Crippen LogP contribution in [0.1, 0.15) is 13.8 Å². The first-order valence-electron chi connectivity index (χ1n) is 3.73. The Hall–Kier alpha value is -0.420. The second kappa shape index (κ2) is 7.94. The SMILES string of the molecule is CCOC(=O)[C@H](C#CSI)OC(C)=O. The van der Waals surface area contributed by atoms with Crippen molar-refractivity contribution in [1.29, 1.82) is 0 Å². The zero-order valence-corrected chi connectivity index (χ0v) is 10.7. The van der Waals surface area contributed by atoms with Gasteiger partial charge in [-0.15, -0.1) is 0 Å². The van der Waals surface area contributed by atoms with Gasteiger partial charge in [0.25, 0.3) is 6.10 Å². The summed E-state index contributed by atoms with van der Waals surface area (Å²) in [5.74, 6) is 1.28. The van der Waals surface area contributed by atoms with Crippen LogP contribution >= 0.6 is 30.1 Å². The third-order valence-corrected chi connectivity index (χ3v) is 1.87. The minimum atomic E-state index is -1.12. The Bertz CT molecular complexity index is 268. The fourth-order valence-electron chi connectivity index (χ4n) is 0.596. The number of ether oxygens (including phenoxy) is 2. The fraction of sp³-hybridized carbons (Fsp3) is 0.500. The lowest BCUT2D eigenvalue weighted by Gasteiger charge is -2.08. The molecule has 0 aliphatic heterocycles. The van der Waals surface area contributed by atoms with Crippen LogP contribution in [0.2, 0.25) is 0 Å². The fourth-order valence-corrected chi connectivity index (χ4v) is 1.13. The highest BCUT2D eigenvalue weighted by Gasteiger charge is 2.20. The van der Waals surface area contributed by atoms with Crippen molar-refractivity contribution in [3.8, 4) is 11.2 Å². The first-order chi connectivity index (χ1) is 6.61. The van der Waals surface area contributed by atoms with Crippen LogP contribution in [-0.4, -0.2) is 24.6 Å². The second-order valence-electron chi connectivity index (χ2n) is 2.07. The lowest BCUT2D eigenvalue weighted by molar-refractivity contribution is -0.162. The van der Waals surface area contributed by atoms with Crippen molar-refractivity contribution in [3.05, 3.63) is 0 Å². The lowest BCUT2D eigenvalue weighted by Crippen LogP contribution is -2.26. The molecule has 0 spiro atoms. The number of rotatable bonds is 3. The van der Waals surface area contributed by atoms with E-state index in [4.69, 9.17) is 0 Å². The van der Waals surface area contributed by atoms with Gasteiger partial charge >= 0.3 is 11.9 Å². The maximum absolute atomic E-state index is 11.2. The van der Waals surface area contributed by atoms with E-state index >= 15 is 0 Å². The Kier molecular flexibility index (Phi) is 7.70. The minimum Gasteiger partial charge on any atom is -0.462 e. The van der Waals surface area contributed by atoms with Crippen LogP contribution in [0.5, 0.6) is 0 Å². The van der Waals surface area contributed by atoms with Gasteiger partial charge in [-0.3, -0.25) is 4.79 Å². The largest absolute Gasteiger partial charge is 0.462 e. The summed E-state index contributed by atoms with van der Waals surface area (Å²) in [5.41, 5.74) is 0. The quantitative estimate of drug-likeness (QED) is 0.447. The summed E-state index contributed by atoms with van der Waals surface area (Å²) < 4.78 is 9.33. The Labute approximate surface area is 98.7 Å². The predicted octanol–water partition coefficient (Wildman–Crippen LogP) is 1.53. The van der Waals surface area contributed by atoms with Crippen LogP contribution in [0.4, 0.5) is 0 Å². The van der Waals surface area contributed by atoms with E-state index < -0.39 is 18.0 Å². The van der Waals surface area contributed by atoms with E-state index in [-0.39, 0.29) is 6.61 Å². The summed E-state index contributed by atoms with van der Waals surface area (Å²) in [6.07, 6.45) is -1.12. The van der Waals surface area contributed by atoms with Gasteiger partial charge in [0.05, 0.1) is 6.61 Å². The van der Waals surface area contributed by atoms with Crippen molar-refractivity contribution < 1.29 is 19.1 Å². The van der Waals surface area contributed by atoms with Crippen LogP contribution < -0.4 is 0 Å². The molecule has 0 aliphatic carbocycles. The van der Waals surface area contributed by atoms with Crippen LogP contribution in [0.3, 0.4) is 0 Å². The third-order valence-electron chi connectivity index (χ3n) is 1.01. The van der Waals surface area contributed by atoms with Gasteiger partial charge in [-0.05, 0) is 27.0 Å². The van der Waals surface area contributed by atoms with Gasteiger partial charge in [-0.1, -0.05) is 0 Å². The molecule has 0 bridgehead atoms. The molecule has 0 rings (SSSR count). The van der Waals surface area contributed by atoms with Gasteiger partial charge in [-0.2, -0.15) is 0 Å². The molecule has 0 aliphatic rings. The lowest BCUT2D eigenvalue weighted by atomic mass is 10.4. The molecule has 6 heteroatoms. The molecule has 0 aromatic rings. The number of carbonyl (C=O) groups excluding carboxylic acids is 2. The van der Waals surface area contributed by atoms with E-state index in [0.717, 1.165) is 0 Å². The summed E-state index contributed by atoms with van der Waals surface area (Å²) in [4.78, 5) is 21.8. The first-order valence-corrected chi connectivity index (χ1v) is 7.09. The molecule has 0 fully saturated rings. The van der Waals surface area contributed by atoms with E-state index in [2.05, 4.69) is 20.6 Å². The van der Waals surface area contributed by atoms with Crippen molar-refractivity contribution in [1.82, 2.24) is 0 Å². The maximum atomic E-state index is 11.2. The van der Waals surface area contributed by atoms with Crippen LogP contribution in [0.25, 0.3) is 0 Å². The predicted molar refractivity (Wildman–Crippen MR) is 61.6 cm³/mol. The number of esters is 2. The smallest absolute Gasteiger partial charge is 0.360 e. The Morgan fingerprint density at radius 2 is 2.21 bits per heavy atom. The summed E-state index contributed by atoms with van der Waals surface area (Å²) in [6.45, 7) is 3.12. The number of hydrogen-bond acceptors (Lipinski definition) is 5. The molecule has 14 heavy (non-hydrogen) atoms. The molecule has 4 nitrogen and oxygen atoms in total. The molecule has 0 unspecified atom stereocenters. The average Bonchev–Trinajstić information content (AvgIpc) is 2.12. The van der Waals surface area contributed by atoms with Gasteiger partial charge in [0.2, 0.25) is 0 Å². The standard InChI is InChI=1S/C8H9IO4S/c1-3-12-8(11)7(4-5-14-9)13-6(2)10/h7H,3H2,1-2H3/t7-/m0/s1. The molecule has 78 valence electrons. The van der Waals surface area contributed by atoms with E-state index in [9.17, 15) is 9.59 Å². The van der Waals surface area contributed by atoms with Crippen molar-refractivity contribution in [2.45, 2.75) is 20.0 Å². The number of halogens is 1. The van der Waals surface area contributed by atoms with Crippen LogP contribution in [-0.2, 0) is 19.1 Å². The van der Waals surface area contributed by atoms with Gasteiger partial charge < -0.3 is 9.47 Å². The van der Waals surface area contributed by atoms with E-state index in [1.54, 1.807) is 6.92 Å². The zero-order chi connectivity index (χ0) is 11.0. The van der Waals surface area contributed by atoms with E-state index in [1.165, 1.54) is 15.9 Å². The highest BCUT2D eigenvalue weighted by atomic mass is 127. The van der Waals surface area contributed by atoms with Crippen molar-refractivity contribution in [2.24, 2.45) is 0 Å². The molecule has 0 aromatic heterocycles. The first kappa shape index (κ1) is 13.6. The van der Waals surface area contributed by atoms with Gasteiger partial charge in [0.1, 0.15) is 0 Å². The summed E-state index contributed by atoms with van der Waals surface area (Å²) in [7, 11) is 1.20. The molecule has 0 N–H and O–H groups in total. The zero-order valence-electron chi connectivity index (χ0n) is 7.70. The molecule has 0 heterocycles. The molecule has 0 radical (unpaired) electrons. The topological polar surface area (TPSA) is 52.6 Å². The molecule has 0 saturated carbocycles. The van der Waals surface area contributed by atoms with Crippen molar-refractivity contribution >= 4 is 42.1 Å². The van der Waals surface area contributed by atoms with Gasteiger partial charge in [0.15, 0.2) is 0 Å². The van der Waals surface area contributed by atoms with E-state index in [1.807, 2.05) is 21.2 Å². The highest BCUT2D eigenvalue weighted by Crippen LogP contribution is 2.07. The summed E-state index contributed by atoms with van der Waals surface area (Å²) in [5, 5.41) is 2.57. The van der Waals surface area contributed by atoms with Crippen molar-refractivity contribution in [2.75, 3.05) is 6.61 Å². The average molecular weight is 328 g/mol. The Balaban J connectivity index is 4.37. The van der Waals surface area contributed by atoms with Gasteiger partial charge in [-0.25, -0.2) is 4.79 Å². The normalized spacial score (nSPS) is 10.8. The molecule has 1 atom stereocenters. The molecule has 0 saturated heterocycles.